The van der Waals surface area contributed by atoms with E-state index in [2.05, 4.69) is 20.6 Å². The van der Waals surface area contributed by atoms with Crippen LogP contribution in [0, 0.1) is 5.82 Å². The van der Waals surface area contributed by atoms with Gasteiger partial charge in [0.25, 0.3) is 0 Å². The Morgan fingerprint density at radius 1 is 1.46 bits per heavy atom. The van der Waals surface area contributed by atoms with Gasteiger partial charge in [0.2, 0.25) is 0 Å². The van der Waals surface area contributed by atoms with E-state index in [1.807, 2.05) is 4.90 Å². The van der Waals surface area contributed by atoms with Crippen LogP contribution in [-0.4, -0.2) is 57.4 Å². The molecule has 1 aliphatic rings. The first-order chi connectivity index (χ1) is 11.7. The Bertz CT molecular complexity index is 525. The highest BCUT2D eigenvalue weighted by Gasteiger charge is 2.25. The number of guanidine groups is 1. The number of nitrogens with zero attached hydrogens (tertiary/aromatic N) is 3. The third-order valence-corrected chi connectivity index (χ3v) is 4.11. The first-order valence-corrected chi connectivity index (χ1v) is 8.56. The van der Waals surface area contributed by atoms with E-state index in [0.717, 1.165) is 57.9 Å². The van der Waals surface area contributed by atoms with Crippen LogP contribution < -0.4 is 15.5 Å². The molecule has 1 saturated heterocycles. The molecular weight excluding hydrogens is 309 g/mol. The second kappa shape index (κ2) is 10.1. The van der Waals surface area contributed by atoms with E-state index in [0.29, 0.717) is 5.82 Å². The Morgan fingerprint density at radius 3 is 3.08 bits per heavy atom. The summed E-state index contributed by atoms with van der Waals surface area (Å²) in [5, 5.41) is 6.74. The summed E-state index contributed by atoms with van der Waals surface area (Å²) in [6.07, 6.45) is 5.86. The molecule has 0 aliphatic carbocycles. The van der Waals surface area contributed by atoms with Gasteiger partial charge in [0.1, 0.15) is 0 Å². The van der Waals surface area contributed by atoms with Crippen LogP contribution in [0.2, 0.25) is 0 Å². The maximum absolute atomic E-state index is 13.8. The fraction of sp³-hybridized carbons (Fsp3) is 0.647. The highest BCUT2D eigenvalue weighted by Crippen LogP contribution is 2.20. The zero-order valence-electron chi connectivity index (χ0n) is 14.6. The van der Waals surface area contributed by atoms with Crippen LogP contribution in [0.4, 0.5) is 10.2 Å². The number of hydrogen-bond donors (Lipinski definition) is 2. The number of nitrogens with one attached hydrogen (secondary N) is 2. The first-order valence-electron chi connectivity index (χ1n) is 8.56. The second-order valence-electron chi connectivity index (χ2n) is 5.94. The lowest BCUT2D eigenvalue weighted by atomic mass is 10.2. The number of halogens is 1. The van der Waals surface area contributed by atoms with Gasteiger partial charge in [-0.3, -0.25) is 4.99 Å². The standard InChI is InChI=1S/C17H28FN5O/c1-19-17(21-9-4-3-5-12-24-2)22-14-8-11-23(13-14)16-15(18)7-6-10-20-16/h6-7,10,14H,3-5,8-9,11-13H2,1-2H3,(H2,19,21,22). The number of hydrogen-bond acceptors (Lipinski definition) is 4. The third kappa shape index (κ3) is 5.63. The van der Waals surface area contributed by atoms with Crippen molar-refractivity contribution in [3.05, 3.63) is 24.1 Å². The lowest BCUT2D eigenvalue weighted by molar-refractivity contribution is 0.192. The number of unbranched alkanes of at least 4 members (excludes halogenated alkanes) is 2. The maximum atomic E-state index is 13.8. The molecule has 1 aliphatic heterocycles. The minimum absolute atomic E-state index is 0.242. The summed E-state index contributed by atoms with van der Waals surface area (Å²) in [4.78, 5) is 10.4. The summed E-state index contributed by atoms with van der Waals surface area (Å²) in [5.74, 6) is 0.967. The zero-order chi connectivity index (χ0) is 17.2. The average molecular weight is 337 g/mol. The summed E-state index contributed by atoms with van der Waals surface area (Å²) in [7, 11) is 3.50. The fourth-order valence-electron chi connectivity index (χ4n) is 2.82. The van der Waals surface area contributed by atoms with Crippen LogP contribution in [0.3, 0.4) is 0 Å². The largest absolute Gasteiger partial charge is 0.385 e. The van der Waals surface area contributed by atoms with E-state index < -0.39 is 0 Å². The molecule has 2 rings (SSSR count). The molecule has 1 aromatic rings. The highest BCUT2D eigenvalue weighted by molar-refractivity contribution is 5.80. The van der Waals surface area contributed by atoms with Gasteiger partial charge in [0.05, 0.1) is 0 Å². The molecule has 1 unspecified atom stereocenters. The van der Waals surface area contributed by atoms with E-state index in [1.165, 1.54) is 6.07 Å². The summed E-state index contributed by atoms with van der Waals surface area (Å²) in [5.41, 5.74) is 0. The average Bonchev–Trinajstić information content (AvgIpc) is 3.05. The van der Waals surface area contributed by atoms with Gasteiger partial charge in [0, 0.05) is 52.6 Å². The molecular formula is C17H28FN5O. The highest BCUT2D eigenvalue weighted by atomic mass is 19.1. The first kappa shape index (κ1) is 18.4. The summed E-state index contributed by atoms with van der Waals surface area (Å²) in [6.45, 7) is 3.21. The van der Waals surface area contributed by atoms with Crippen molar-refractivity contribution in [3.8, 4) is 0 Å². The van der Waals surface area contributed by atoms with Gasteiger partial charge in [-0.1, -0.05) is 0 Å². The fourth-order valence-corrected chi connectivity index (χ4v) is 2.82. The molecule has 1 fully saturated rings. The van der Waals surface area contributed by atoms with Crippen molar-refractivity contribution in [1.29, 1.82) is 0 Å². The van der Waals surface area contributed by atoms with Gasteiger partial charge < -0.3 is 20.3 Å². The molecule has 134 valence electrons. The molecule has 0 radical (unpaired) electrons. The molecule has 6 nitrogen and oxygen atoms in total. The maximum Gasteiger partial charge on any atom is 0.191 e. The van der Waals surface area contributed by atoms with Crippen molar-refractivity contribution >= 4 is 11.8 Å². The predicted molar refractivity (Wildman–Crippen MR) is 95.0 cm³/mol. The molecule has 0 amide bonds. The van der Waals surface area contributed by atoms with Crippen molar-refractivity contribution in [3.63, 3.8) is 0 Å². The third-order valence-electron chi connectivity index (χ3n) is 4.11. The lowest BCUT2D eigenvalue weighted by Gasteiger charge is -2.20. The van der Waals surface area contributed by atoms with Gasteiger partial charge in [-0.25, -0.2) is 9.37 Å². The Morgan fingerprint density at radius 2 is 2.33 bits per heavy atom. The number of pyridine rings is 1. The van der Waals surface area contributed by atoms with Crippen molar-refractivity contribution in [2.45, 2.75) is 31.7 Å². The van der Waals surface area contributed by atoms with Crippen LogP contribution in [0.25, 0.3) is 0 Å². The van der Waals surface area contributed by atoms with Crippen LogP contribution in [0.15, 0.2) is 23.3 Å². The Balaban J connectivity index is 1.72. The summed E-state index contributed by atoms with van der Waals surface area (Å²) < 4.78 is 18.9. The molecule has 0 aromatic carbocycles. The van der Waals surface area contributed by atoms with E-state index in [9.17, 15) is 4.39 Å². The molecule has 0 saturated carbocycles. The van der Waals surface area contributed by atoms with E-state index in [-0.39, 0.29) is 11.9 Å². The molecule has 7 heteroatoms. The molecule has 1 aromatic heterocycles. The Labute approximate surface area is 143 Å². The minimum atomic E-state index is -0.267. The van der Waals surface area contributed by atoms with Gasteiger partial charge in [-0.05, 0) is 37.8 Å². The normalized spacial score (nSPS) is 18.0. The molecule has 0 spiro atoms. The van der Waals surface area contributed by atoms with Gasteiger partial charge in [0.15, 0.2) is 17.6 Å². The molecule has 2 N–H and O–H groups in total. The van der Waals surface area contributed by atoms with Crippen molar-refractivity contribution < 1.29 is 9.13 Å². The van der Waals surface area contributed by atoms with Crippen molar-refractivity contribution in [1.82, 2.24) is 15.6 Å². The van der Waals surface area contributed by atoms with Gasteiger partial charge in [-0.2, -0.15) is 0 Å². The van der Waals surface area contributed by atoms with Crippen molar-refractivity contribution in [2.75, 3.05) is 45.3 Å². The van der Waals surface area contributed by atoms with Gasteiger partial charge >= 0.3 is 0 Å². The van der Waals surface area contributed by atoms with Crippen LogP contribution in [0.5, 0.6) is 0 Å². The molecule has 24 heavy (non-hydrogen) atoms. The van der Waals surface area contributed by atoms with Crippen LogP contribution in [-0.2, 0) is 4.74 Å². The van der Waals surface area contributed by atoms with E-state index >= 15 is 0 Å². The number of anilines is 1. The van der Waals surface area contributed by atoms with E-state index in [1.54, 1.807) is 26.4 Å². The molecule has 0 bridgehead atoms. The lowest BCUT2D eigenvalue weighted by Crippen LogP contribution is -2.45. The smallest absolute Gasteiger partial charge is 0.191 e. The SMILES string of the molecule is CN=C(NCCCCCOC)NC1CCN(c2ncccc2F)C1. The predicted octanol–water partition coefficient (Wildman–Crippen LogP) is 1.78. The Kier molecular flexibility index (Phi) is 7.74. The number of methoxy groups -OCH3 is 1. The quantitative estimate of drug-likeness (QED) is 0.430. The summed E-state index contributed by atoms with van der Waals surface area (Å²) >= 11 is 0. The number of rotatable bonds is 8. The minimum Gasteiger partial charge on any atom is -0.385 e. The number of aromatic nitrogens is 1. The van der Waals surface area contributed by atoms with Crippen molar-refractivity contribution in [2.24, 2.45) is 4.99 Å². The molecule has 2 heterocycles. The summed E-state index contributed by atoms with van der Waals surface area (Å²) in [6, 6.07) is 3.31. The topological polar surface area (TPSA) is 61.8 Å². The molecule has 1 atom stereocenters. The number of ether oxygens (including phenoxy) is 1. The number of aliphatic imine (C=N–C) groups is 1. The second-order valence-corrected chi connectivity index (χ2v) is 5.94. The van der Waals surface area contributed by atoms with Crippen LogP contribution >= 0.6 is 0 Å². The van der Waals surface area contributed by atoms with Crippen LogP contribution in [0.1, 0.15) is 25.7 Å². The zero-order valence-corrected chi connectivity index (χ0v) is 14.6. The Hall–Kier alpha value is -1.89. The van der Waals surface area contributed by atoms with Gasteiger partial charge in [-0.15, -0.1) is 0 Å². The van der Waals surface area contributed by atoms with E-state index in [4.69, 9.17) is 4.74 Å². The monoisotopic (exact) mass is 337 g/mol.